The summed E-state index contributed by atoms with van der Waals surface area (Å²) in [5.74, 6) is 1.26. The van der Waals surface area contributed by atoms with Crippen LogP contribution in [0.5, 0.6) is 0 Å². The topological polar surface area (TPSA) is 64.3 Å². The van der Waals surface area contributed by atoms with Crippen molar-refractivity contribution in [1.82, 2.24) is 9.97 Å². The van der Waals surface area contributed by atoms with E-state index in [9.17, 15) is 0 Å². The zero-order chi connectivity index (χ0) is 12.3. The Morgan fingerprint density at radius 2 is 2.35 bits per heavy atom. The lowest BCUT2D eigenvalue weighted by atomic mass is 10.1. The number of piperidine rings is 1. The minimum atomic E-state index is 0.310. The number of rotatable bonds is 3. The zero-order valence-corrected chi connectivity index (χ0v) is 10.5. The Morgan fingerprint density at radius 1 is 1.53 bits per heavy atom. The summed E-state index contributed by atoms with van der Waals surface area (Å²) in [6, 6.07) is 1.98. The van der Waals surface area contributed by atoms with Crippen LogP contribution in [-0.4, -0.2) is 35.8 Å². The molecular formula is C12H20N4O. The fourth-order valence-electron chi connectivity index (χ4n) is 2.25. The Bertz CT molecular complexity index is 361. The molecular weight excluding hydrogens is 216 g/mol. The third-order valence-electron chi connectivity index (χ3n) is 2.96. The molecule has 1 saturated heterocycles. The van der Waals surface area contributed by atoms with Crippen molar-refractivity contribution in [3.05, 3.63) is 11.8 Å². The average Bonchev–Trinajstić information content (AvgIpc) is 2.28. The average molecular weight is 236 g/mol. The molecule has 2 rings (SSSR count). The number of aromatic nitrogens is 2. The predicted octanol–water partition coefficient (Wildman–Crippen LogP) is 1.37. The van der Waals surface area contributed by atoms with Gasteiger partial charge in [0.1, 0.15) is 5.82 Å². The molecule has 0 unspecified atom stereocenters. The first-order chi connectivity index (χ1) is 8.19. The number of hydrogen-bond donors (Lipinski definition) is 1. The maximum atomic E-state index is 5.68. The number of nitrogen functional groups attached to an aromatic ring is 1. The molecule has 94 valence electrons. The lowest BCUT2D eigenvalue weighted by Gasteiger charge is -2.33. The second-order valence-corrected chi connectivity index (χ2v) is 4.39. The van der Waals surface area contributed by atoms with Gasteiger partial charge >= 0.3 is 0 Å². The summed E-state index contributed by atoms with van der Waals surface area (Å²) in [6.45, 7) is 6.64. The molecule has 0 saturated carbocycles. The van der Waals surface area contributed by atoms with Crippen LogP contribution < -0.4 is 10.6 Å². The minimum absolute atomic E-state index is 0.310. The summed E-state index contributed by atoms with van der Waals surface area (Å²) in [5, 5.41) is 0. The Labute approximate surface area is 102 Å². The van der Waals surface area contributed by atoms with Crippen LogP contribution >= 0.6 is 0 Å². The number of anilines is 2. The standard InChI is InChI=1S/C12H20N4O/c1-3-17-10-5-4-6-16(8-10)11-7-9(2)14-12(13)15-11/h7,10H,3-6,8H2,1-2H3,(H2,13,14,15)/t10-/m0/s1. The molecule has 0 spiro atoms. The van der Waals surface area contributed by atoms with E-state index in [2.05, 4.69) is 14.9 Å². The number of ether oxygens (including phenoxy) is 1. The van der Waals surface area contributed by atoms with Crippen LogP contribution in [0.15, 0.2) is 6.07 Å². The molecule has 2 heterocycles. The van der Waals surface area contributed by atoms with Gasteiger partial charge in [-0.1, -0.05) is 0 Å². The van der Waals surface area contributed by atoms with Gasteiger partial charge in [0.25, 0.3) is 0 Å². The molecule has 1 aliphatic heterocycles. The third kappa shape index (κ3) is 3.06. The summed E-state index contributed by atoms with van der Waals surface area (Å²) >= 11 is 0. The van der Waals surface area contributed by atoms with Gasteiger partial charge in [-0.05, 0) is 26.7 Å². The van der Waals surface area contributed by atoms with Gasteiger partial charge < -0.3 is 15.4 Å². The van der Waals surface area contributed by atoms with Crippen LogP contribution in [0.3, 0.4) is 0 Å². The molecule has 0 aliphatic carbocycles. The molecule has 1 aromatic heterocycles. The van der Waals surface area contributed by atoms with Gasteiger partial charge in [0.15, 0.2) is 0 Å². The van der Waals surface area contributed by atoms with Gasteiger partial charge in [0.2, 0.25) is 5.95 Å². The van der Waals surface area contributed by atoms with E-state index in [-0.39, 0.29) is 0 Å². The highest BCUT2D eigenvalue weighted by molar-refractivity contribution is 5.43. The van der Waals surface area contributed by atoms with Gasteiger partial charge in [-0.25, -0.2) is 4.98 Å². The first-order valence-corrected chi connectivity index (χ1v) is 6.16. The normalized spacial score (nSPS) is 20.6. The molecule has 5 nitrogen and oxygen atoms in total. The van der Waals surface area contributed by atoms with Crippen molar-refractivity contribution in [3.63, 3.8) is 0 Å². The largest absolute Gasteiger partial charge is 0.377 e. The van der Waals surface area contributed by atoms with Gasteiger partial charge in [0.05, 0.1) is 6.10 Å². The molecule has 0 bridgehead atoms. The summed E-state index contributed by atoms with van der Waals surface area (Å²) in [4.78, 5) is 10.6. The second kappa shape index (κ2) is 5.31. The van der Waals surface area contributed by atoms with E-state index >= 15 is 0 Å². The Morgan fingerprint density at radius 3 is 3.06 bits per heavy atom. The van der Waals surface area contributed by atoms with Crippen LogP contribution in [0.2, 0.25) is 0 Å². The highest BCUT2D eigenvalue weighted by Crippen LogP contribution is 2.20. The first-order valence-electron chi connectivity index (χ1n) is 6.16. The summed E-state index contributed by atoms with van der Waals surface area (Å²) in [5.41, 5.74) is 6.59. The lowest BCUT2D eigenvalue weighted by Crippen LogP contribution is -2.40. The predicted molar refractivity (Wildman–Crippen MR) is 68.0 cm³/mol. The van der Waals surface area contributed by atoms with Crippen molar-refractivity contribution >= 4 is 11.8 Å². The van der Waals surface area contributed by atoms with Crippen LogP contribution in [0.4, 0.5) is 11.8 Å². The Kier molecular flexibility index (Phi) is 3.78. The van der Waals surface area contributed by atoms with E-state index < -0.39 is 0 Å². The lowest BCUT2D eigenvalue weighted by molar-refractivity contribution is 0.0525. The van der Waals surface area contributed by atoms with Crippen molar-refractivity contribution in [3.8, 4) is 0 Å². The fourth-order valence-corrected chi connectivity index (χ4v) is 2.25. The summed E-state index contributed by atoms with van der Waals surface area (Å²) < 4.78 is 5.68. The number of nitrogens with zero attached hydrogens (tertiary/aromatic N) is 3. The molecule has 1 aromatic rings. The first kappa shape index (κ1) is 12.1. The summed E-state index contributed by atoms with van der Waals surface area (Å²) in [6.07, 6.45) is 2.57. The SMILES string of the molecule is CCO[C@H]1CCCN(c2cc(C)nc(N)n2)C1. The zero-order valence-electron chi connectivity index (χ0n) is 10.5. The quantitative estimate of drug-likeness (QED) is 0.858. The van der Waals surface area contributed by atoms with Gasteiger partial charge in [0, 0.05) is 31.5 Å². The van der Waals surface area contributed by atoms with Crippen LogP contribution in [-0.2, 0) is 4.74 Å². The highest BCUT2D eigenvalue weighted by atomic mass is 16.5. The van der Waals surface area contributed by atoms with Crippen molar-refractivity contribution < 1.29 is 4.74 Å². The minimum Gasteiger partial charge on any atom is -0.377 e. The van der Waals surface area contributed by atoms with Gasteiger partial charge in [-0.3, -0.25) is 0 Å². The number of aryl methyl sites for hydroxylation is 1. The molecule has 17 heavy (non-hydrogen) atoms. The third-order valence-corrected chi connectivity index (χ3v) is 2.96. The number of hydrogen-bond acceptors (Lipinski definition) is 5. The number of nitrogens with two attached hydrogens (primary N) is 1. The van der Waals surface area contributed by atoms with Gasteiger partial charge in [-0.2, -0.15) is 4.98 Å². The van der Waals surface area contributed by atoms with E-state index in [1.165, 1.54) is 0 Å². The van der Waals surface area contributed by atoms with Crippen LogP contribution in [0, 0.1) is 6.92 Å². The van der Waals surface area contributed by atoms with E-state index in [1.807, 2.05) is 19.9 Å². The molecule has 5 heteroatoms. The van der Waals surface area contributed by atoms with E-state index in [0.717, 1.165) is 44.0 Å². The molecule has 0 amide bonds. The molecule has 1 aliphatic rings. The molecule has 1 atom stereocenters. The van der Waals surface area contributed by atoms with Crippen molar-refractivity contribution in [1.29, 1.82) is 0 Å². The molecule has 0 radical (unpaired) electrons. The van der Waals surface area contributed by atoms with Crippen LogP contribution in [0.1, 0.15) is 25.5 Å². The monoisotopic (exact) mass is 236 g/mol. The van der Waals surface area contributed by atoms with Gasteiger partial charge in [-0.15, -0.1) is 0 Å². The Hall–Kier alpha value is -1.36. The summed E-state index contributed by atoms with van der Waals surface area (Å²) in [7, 11) is 0. The van der Waals surface area contributed by atoms with Crippen LogP contribution in [0.25, 0.3) is 0 Å². The maximum absolute atomic E-state index is 5.68. The maximum Gasteiger partial charge on any atom is 0.222 e. The van der Waals surface area contributed by atoms with Crippen molar-refractivity contribution in [2.45, 2.75) is 32.8 Å². The van der Waals surface area contributed by atoms with E-state index in [0.29, 0.717) is 12.1 Å². The molecule has 2 N–H and O–H groups in total. The van der Waals surface area contributed by atoms with Crippen molar-refractivity contribution in [2.24, 2.45) is 0 Å². The van der Waals surface area contributed by atoms with Crippen molar-refractivity contribution in [2.75, 3.05) is 30.3 Å². The molecule has 0 aromatic carbocycles. The Balaban J connectivity index is 2.10. The van der Waals surface area contributed by atoms with E-state index in [1.54, 1.807) is 0 Å². The fraction of sp³-hybridized carbons (Fsp3) is 0.667. The molecule has 1 fully saturated rings. The highest BCUT2D eigenvalue weighted by Gasteiger charge is 2.21. The second-order valence-electron chi connectivity index (χ2n) is 4.39. The smallest absolute Gasteiger partial charge is 0.222 e. The van der Waals surface area contributed by atoms with E-state index in [4.69, 9.17) is 10.5 Å².